The highest BCUT2D eigenvalue weighted by Crippen LogP contribution is 2.13. The van der Waals surface area contributed by atoms with Gasteiger partial charge in [0.05, 0.1) is 0 Å². The van der Waals surface area contributed by atoms with Gasteiger partial charge in [-0.15, -0.1) is 0 Å². The monoisotopic (exact) mass is 355 g/mol. The number of hydrogen-bond donors (Lipinski definition) is 2. The van der Waals surface area contributed by atoms with E-state index in [1.807, 2.05) is 45.0 Å². The summed E-state index contributed by atoms with van der Waals surface area (Å²) < 4.78 is 5.22. The number of pyridine rings is 1. The molecule has 0 saturated heterocycles. The molecule has 6 heteroatoms. The van der Waals surface area contributed by atoms with Gasteiger partial charge in [-0.2, -0.15) is 0 Å². The first kappa shape index (κ1) is 19.4. The average molecular weight is 355 g/mol. The number of carbonyl (C=O) groups is 2. The van der Waals surface area contributed by atoms with E-state index >= 15 is 0 Å². The Balaban J connectivity index is 1.72. The molecular formula is C20H25N3O3. The van der Waals surface area contributed by atoms with E-state index in [2.05, 4.69) is 15.6 Å². The molecular weight excluding hydrogens is 330 g/mol. The molecule has 6 nitrogen and oxygen atoms in total. The summed E-state index contributed by atoms with van der Waals surface area (Å²) in [5.41, 5.74) is 1.91. The second-order valence-electron chi connectivity index (χ2n) is 6.92. The van der Waals surface area contributed by atoms with Gasteiger partial charge in [0, 0.05) is 30.2 Å². The third kappa shape index (κ3) is 6.93. The molecule has 26 heavy (non-hydrogen) atoms. The van der Waals surface area contributed by atoms with Gasteiger partial charge in [0.15, 0.2) is 0 Å². The summed E-state index contributed by atoms with van der Waals surface area (Å²) in [7, 11) is 0. The standard InChI is InChI=1S/C20H25N3O3/c1-20(2,3)26-19(25)23-17-8-6-15(7-9-17)5-4-12-22-18(24)16-10-13-21-14-11-16/h6-11,13-14H,4-5,12H2,1-3H3,(H,22,24)(H,23,25). The predicted molar refractivity (Wildman–Crippen MR) is 101 cm³/mol. The number of amides is 2. The quantitative estimate of drug-likeness (QED) is 0.773. The van der Waals surface area contributed by atoms with Crippen molar-refractivity contribution in [1.82, 2.24) is 10.3 Å². The van der Waals surface area contributed by atoms with Crippen LogP contribution in [0.1, 0.15) is 43.1 Å². The zero-order chi connectivity index (χ0) is 19.0. The van der Waals surface area contributed by atoms with Gasteiger partial charge in [0.25, 0.3) is 5.91 Å². The van der Waals surface area contributed by atoms with Crippen molar-refractivity contribution in [2.24, 2.45) is 0 Å². The predicted octanol–water partition coefficient (Wildman–Crippen LogP) is 3.79. The number of benzene rings is 1. The molecule has 2 N–H and O–H groups in total. The summed E-state index contributed by atoms with van der Waals surface area (Å²) in [6.45, 7) is 6.06. The number of nitrogens with zero attached hydrogens (tertiary/aromatic N) is 1. The number of hydrogen-bond acceptors (Lipinski definition) is 4. The Morgan fingerprint density at radius 1 is 1.04 bits per heavy atom. The van der Waals surface area contributed by atoms with E-state index in [1.165, 1.54) is 0 Å². The highest BCUT2D eigenvalue weighted by molar-refractivity contribution is 5.93. The molecule has 2 rings (SSSR count). The molecule has 0 aliphatic carbocycles. The summed E-state index contributed by atoms with van der Waals surface area (Å²) in [5, 5.41) is 5.59. The van der Waals surface area contributed by atoms with Crippen LogP contribution in [0.2, 0.25) is 0 Å². The smallest absolute Gasteiger partial charge is 0.412 e. The highest BCUT2D eigenvalue weighted by Gasteiger charge is 2.16. The zero-order valence-electron chi connectivity index (χ0n) is 15.4. The molecule has 0 saturated carbocycles. The minimum absolute atomic E-state index is 0.0932. The van der Waals surface area contributed by atoms with E-state index in [1.54, 1.807) is 24.5 Å². The fraction of sp³-hybridized carbons (Fsp3) is 0.350. The van der Waals surface area contributed by atoms with Crippen LogP contribution in [-0.4, -0.2) is 29.1 Å². The first-order valence-electron chi connectivity index (χ1n) is 8.61. The number of nitrogens with one attached hydrogen (secondary N) is 2. The molecule has 0 aliphatic heterocycles. The molecule has 1 heterocycles. The van der Waals surface area contributed by atoms with Gasteiger partial charge in [-0.3, -0.25) is 15.1 Å². The topological polar surface area (TPSA) is 80.3 Å². The zero-order valence-corrected chi connectivity index (χ0v) is 15.4. The van der Waals surface area contributed by atoms with Crippen LogP contribution in [0.3, 0.4) is 0 Å². The Morgan fingerprint density at radius 2 is 1.69 bits per heavy atom. The van der Waals surface area contributed by atoms with E-state index in [0.717, 1.165) is 18.4 Å². The van der Waals surface area contributed by atoms with Crippen molar-refractivity contribution in [1.29, 1.82) is 0 Å². The van der Waals surface area contributed by atoms with Crippen molar-refractivity contribution in [3.05, 3.63) is 59.9 Å². The molecule has 0 radical (unpaired) electrons. The first-order chi connectivity index (χ1) is 12.3. The van der Waals surface area contributed by atoms with Crippen LogP contribution < -0.4 is 10.6 Å². The molecule has 2 amide bonds. The molecule has 0 aliphatic rings. The summed E-state index contributed by atoms with van der Waals surface area (Å²) in [6.07, 6.45) is 4.40. The summed E-state index contributed by atoms with van der Waals surface area (Å²) >= 11 is 0. The highest BCUT2D eigenvalue weighted by atomic mass is 16.6. The minimum atomic E-state index is -0.523. The van der Waals surface area contributed by atoms with Gasteiger partial charge in [-0.05, 0) is 63.4 Å². The van der Waals surface area contributed by atoms with Crippen LogP contribution in [-0.2, 0) is 11.2 Å². The molecule has 1 aromatic carbocycles. The van der Waals surface area contributed by atoms with E-state index in [0.29, 0.717) is 17.8 Å². The van der Waals surface area contributed by atoms with Gasteiger partial charge in [-0.25, -0.2) is 4.79 Å². The Bertz CT molecular complexity index is 722. The average Bonchev–Trinajstić information content (AvgIpc) is 2.59. The second kappa shape index (κ2) is 8.99. The lowest BCUT2D eigenvalue weighted by Gasteiger charge is -2.19. The fourth-order valence-electron chi connectivity index (χ4n) is 2.28. The SMILES string of the molecule is CC(C)(C)OC(=O)Nc1ccc(CCCNC(=O)c2ccncc2)cc1. The summed E-state index contributed by atoms with van der Waals surface area (Å²) in [6, 6.07) is 11.0. The van der Waals surface area contributed by atoms with E-state index in [-0.39, 0.29) is 5.91 Å². The van der Waals surface area contributed by atoms with Crippen LogP contribution in [0.4, 0.5) is 10.5 Å². The fourth-order valence-corrected chi connectivity index (χ4v) is 2.28. The Labute approximate surface area is 154 Å². The Hall–Kier alpha value is -2.89. The lowest BCUT2D eigenvalue weighted by atomic mass is 10.1. The molecule has 0 spiro atoms. The Kier molecular flexibility index (Phi) is 6.72. The molecule has 0 fully saturated rings. The molecule has 0 bridgehead atoms. The number of anilines is 1. The maximum atomic E-state index is 11.9. The molecule has 138 valence electrons. The molecule has 0 unspecified atom stereocenters. The Morgan fingerprint density at radius 3 is 2.31 bits per heavy atom. The van der Waals surface area contributed by atoms with E-state index in [9.17, 15) is 9.59 Å². The third-order valence-electron chi connectivity index (χ3n) is 3.47. The molecule has 2 aromatic rings. The van der Waals surface area contributed by atoms with Crippen molar-refractivity contribution < 1.29 is 14.3 Å². The van der Waals surface area contributed by atoms with Crippen LogP contribution in [0, 0.1) is 0 Å². The lowest BCUT2D eigenvalue weighted by molar-refractivity contribution is 0.0635. The van der Waals surface area contributed by atoms with Gasteiger partial charge in [0.1, 0.15) is 5.60 Å². The molecule has 0 atom stereocenters. The van der Waals surface area contributed by atoms with E-state index < -0.39 is 11.7 Å². The van der Waals surface area contributed by atoms with Crippen molar-refractivity contribution in [3.63, 3.8) is 0 Å². The number of aryl methyl sites for hydroxylation is 1. The lowest BCUT2D eigenvalue weighted by Crippen LogP contribution is -2.27. The maximum absolute atomic E-state index is 11.9. The summed E-state index contributed by atoms with van der Waals surface area (Å²) in [5.74, 6) is -0.0932. The first-order valence-corrected chi connectivity index (χ1v) is 8.61. The number of ether oxygens (including phenoxy) is 1. The second-order valence-corrected chi connectivity index (χ2v) is 6.92. The van der Waals surface area contributed by atoms with Gasteiger partial charge < -0.3 is 10.1 Å². The van der Waals surface area contributed by atoms with Crippen LogP contribution >= 0.6 is 0 Å². The minimum Gasteiger partial charge on any atom is -0.444 e. The van der Waals surface area contributed by atoms with Crippen LogP contribution in [0.15, 0.2) is 48.8 Å². The van der Waals surface area contributed by atoms with Crippen LogP contribution in [0.25, 0.3) is 0 Å². The van der Waals surface area contributed by atoms with Crippen LogP contribution in [0.5, 0.6) is 0 Å². The van der Waals surface area contributed by atoms with Gasteiger partial charge >= 0.3 is 6.09 Å². The number of rotatable bonds is 6. The van der Waals surface area contributed by atoms with Crippen molar-refractivity contribution in [2.45, 2.75) is 39.2 Å². The third-order valence-corrected chi connectivity index (χ3v) is 3.47. The summed E-state index contributed by atoms with van der Waals surface area (Å²) in [4.78, 5) is 27.5. The van der Waals surface area contributed by atoms with Gasteiger partial charge in [0.2, 0.25) is 0 Å². The van der Waals surface area contributed by atoms with E-state index in [4.69, 9.17) is 4.74 Å². The van der Waals surface area contributed by atoms with Crippen molar-refractivity contribution in [2.75, 3.05) is 11.9 Å². The number of carbonyl (C=O) groups excluding carboxylic acids is 2. The maximum Gasteiger partial charge on any atom is 0.412 e. The van der Waals surface area contributed by atoms with Crippen molar-refractivity contribution >= 4 is 17.7 Å². The number of aromatic nitrogens is 1. The van der Waals surface area contributed by atoms with Gasteiger partial charge in [-0.1, -0.05) is 12.1 Å². The largest absolute Gasteiger partial charge is 0.444 e. The normalized spacial score (nSPS) is 10.9. The molecule has 1 aromatic heterocycles. The van der Waals surface area contributed by atoms with Crippen molar-refractivity contribution in [3.8, 4) is 0 Å².